The van der Waals surface area contributed by atoms with Crippen molar-refractivity contribution in [3.05, 3.63) is 43.8 Å². The number of benzene rings is 1. The monoisotopic (exact) mass is 523 g/mol. The van der Waals surface area contributed by atoms with Crippen LogP contribution in [0.25, 0.3) is 11.8 Å². The number of aromatic nitrogens is 1. The lowest BCUT2D eigenvalue weighted by molar-refractivity contribution is -0.117. The minimum Gasteiger partial charge on any atom is -0.396 e. The van der Waals surface area contributed by atoms with Crippen LogP contribution in [-0.2, 0) is 16.1 Å². The first kappa shape index (κ1) is 27.6. The number of aliphatic hydroxyl groups is 1. The average Bonchev–Trinajstić information content (AvgIpc) is 3.21. The molecule has 1 aliphatic rings. The minimum atomic E-state index is -0.715. The Labute approximate surface area is 217 Å². The van der Waals surface area contributed by atoms with E-state index in [1.807, 2.05) is 6.07 Å². The van der Waals surface area contributed by atoms with Crippen LogP contribution in [0.1, 0.15) is 19.8 Å². The maximum absolute atomic E-state index is 12.9. The van der Waals surface area contributed by atoms with E-state index < -0.39 is 5.91 Å². The summed E-state index contributed by atoms with van der Waals surface area (Å²) in [7, 11) is 0. The van der Waals surface area contributed by atoms with Crippen LogP contribution in [0, 0.1) is 28.6 Å². The van der Waals surface area contributed by atoms with Gasteiger partial charge in [-0.25, -0.2) is 0 Å². The first-order valence-electron chi connectivity index (χ1n) is 11.9. The fourth-order valence-electron chi connectivity index (χ4n) is 3.96. The molecule has 2 amide bonds. The number of aliphatic hydroxyl groups excluding tert-OH is 1. The number of nitrogens with zero attached hydrogens (tertiary/aromatic N) is 4. The molecular formula is C25H29N7O4S. The van der Waals surface area contributed by atoms with E-state index >= 15 is 0 Å². The maximum Gasteiger partial charge on any atom is 0.270 e. The van der Waals surface area contributed by atoms with Crippen molar-refractivity contribution >= 4 is 46.3 Å². The van der Waals surface area contributed by atoms with Crippen molar-refractivity contribution in [2.45, 2.75) is 26.3 Å². The second kappa shape index (κ2) is 13.4. The summed E-state index contributed by atoms with van der Waals surface area (Å²) in [5, 5.41) is 35.7. The summed E-state index contributed by atoms with van der Waals surface area (Å²) in [5.74, 6) is -0.538. The number of anilines is 2. The highest BCUT2D eigenvalue weighted by Gasteiger charge is 2.20. The number of piperidine rings is 1. The number of hydrogen-bond acceptors (Lipinski definition) is 9. The first-order valence-corrected chi connectivity index (χ1v) is 12.7. The quantitative estimate of drug-likeness (QED) is 0.327. The van der Waals surface area contributed by atoms with Crippen LogP contribution < -0.4 is 30.7 Å². The predicted molar refractivity (Wildman–Crippen MR) is 141 cm³/mol. The number of nitrogens with one attached hydrogen (secondary N) is 3. The van der Waals surface area contributed by atoms with Gasteiger partial charge in [-0.3, -0.25) is 23.9 Å². The Bertz CT molecular complexity index is 1390. The van der Waals surface area contributed by atoms with Crippen LogP contribution in [0.4, 0.5) is 11.4 Å². The zero-order valence-corrected chi connectivity index (χ0v) is 21.3. The fraction of sp³-hybridized carbons (Fsp3) is 0.400. The van der Waals surface area contributed by atoms with Gasteiger partial charge in [-0.05, 0) is 57.0 Å². The van der Waals surface area contributed by atoms with E-state index in [1.54, 1.807) is 37.3 Å². The smallest absolute Gasteiger partial charge is 0.270 e. The van der Waals surface area contributed by atoms with Gasteiger partial charge in [0.25, 0.3) is 11.5 Å². The molecule has 2 heterocycles. The number of carbonyl (C=O) groups excluding carboxylic acids is 2. The van der Waals surface area contributed by atoms with E-state index in [2.05, 4.69) is 20.9 Å². The third kappa shape index (κ3) is 7.27. The number of rotatable bonds is 9. The van der Waals surface area contributed by atoms with Crippen molar-refractivity contribution in [3.8, 4) is 12.1 Å². The lowest BCUT2D eigenvalue weighted by atomic mass is 9.98. The van der Waals surface area contributed by atoms with Crippen molar-refractivity contribution < 1.29 is 14.7 Å². The molecule has 1 aromatic carbocycles. The van der Waals surface area contributed by atoms with E-state index in [1.165, 1.54) is 10.8 Å². The molecule has 1 aromatic heterocycles. The summed E-state index contributed by atoms with van der Waals surface area (Å²) in [4.78, 5) is 39.7. The normalized spacial score (nSPS) is 15.4. The molecule has 12 heteroatoms. The van der Waals surface area contributed by atoms with Crippen molar-refractivity contribution in [1.29, 1.82) is 10.5 Å². The van der Waals surface area contributed by atoms with Gasteiger partial charge in [0.15, 0.2) is 5.57 Å². The van der Waals surface area contributed by atoms with Gasteiger partial charge in [0.2, 0.25) is 5.91 Å². The summed E-state index contributed by atoms with van der Waals surface area (Å²) in [6.07, 6.45) is 3.25. The van der Waals surface area contributed by atoms with Crippen LogP contribution in [0.3, 0.4) is 0 Å². The zero-order chi connectivity index (χ0) is 26.8. The average molecular weight is 524 g/mol. The van der Waals surface area contributed by atoms with Gasteiger partial charge in [-0.15, -0.1) is 11.3 Å². The van der Waals surface area contributed by atoms with Crippen molar-refractivity contribution in [2.24, 2.45) is 5.92 Å². The zero-order valence-electron chi connectivity index (χ0n) is 20.5. The third-order valence-corrected chi connectivity index (χ3v) is 7.08. The number of carbonyl (C=O) groups is 2. The Kier molecular flexibility index (Phi) is 9.98. The molecule has 1 aliphatic heterocycles. The van der Waals surface area contributed by atoms with Gasteiger partial charge in [-0.2, -0.15) is 10.5 Å². The molecule has 3 rings (SSSR count). The number of nitriles is 2. The molecule has 0 saturated carbocycles. The van der Waals surface area contributed by atoms with Gasteiger partial charge in [0, 0.05) is 30.7 Å². The second-order valence-electron chi connectivity index (χ2n) is 8.47. The van der Waals surface area contributed by atoms with E-state index in [0.717, 1.165) is 37.3 Å². The Morgan fingerprint density at radius 3 is 2.62 bits per heavy atom. The molecular weight excluding hydrogens is 494 g/mol. The molecule has 1 saturated heterocycles. The fourth-order valence-corrected chi connectivity index (χ4v) is 5.05. The molecule has 0 bridgehead atoms. The second-order valence-corrected chi connectivity index (χ2v) is 9.50. The van der Waals surface area contributed by atoms with Crippen molar-refractivity contribution in [2.75, 3.05) is 43.4 Å². The maximum atomic E-state index is 12.9. The van der Waals surface area contributed by atoms with E-state index in [9.17, 15) is 24.8 Å². The number of thiazole rings is 1. The van der Waals surface area contributed by atoms with Crippen LogP contribution in [-0.4, -0.2) is 59.2 Å². The molecule has 194 valence electrons. The summed E-state index contributed by atoms with van der Waals surface area (Å²) in [5.41, 5.74) is 0.644. The molecule has 4 N–H and O–H groups in total. The highest BCUT2D eigenvalue weighted by molar-refractivity contribution is 7.07. The molecule has 0 radical (unpaired) electrons. The summed E-state index contributed by atoms with van der Waals surface area (Å²) < 4.78 is 1.84. The Balaban J connectivity index is 1.75. The van der Waals surface area contributed by atoms with Crippen LogP contribution in [0.15, 0.2) is 29.1 Å². The molecule has 37 heavy (non-hydrogen) atoms. The van der Waals surface area contributed by atoms with Gasteiger partial charge in [0.05, 0.1) is 12.6 Å². The Morgan fingerprint density at radius 2 is 1.97 bits per heavy atom. The third-order valence-electron chi connectivity index (χ3n) is 5.95. The van der Waals surface area contributed by atoms with Gasteiger partial charge >= 0.3 is 0 Å². The SMILES string of the molecule is CCn1c(=O)/c(=C\Nc2cccc(NC(=O)CN3CCC(CO)CC3)c2)s/c1=C(/C#N)C(=O)NCC#N. The van der Waals surface area contributed by atoms with Crippen LogP contribution in [0.5, 0.6) is 0 Å². The van der Waals surface area contributed by atoms with Gasteiger partial charge in [-0.1, -0.05) is 6.07 Å². The van der Waals surface area contributed by atoms with Crippen LogP contribution in [0.2, 0.25) is 0 Å². The molecule has 0 unspecified atom stereocenters. The van der Waals surface area contributed by atoms with Gasteiger partial charge in [0.1, 0.15) is 21.8 Å². The number of amides is 2. The lowest BCUT2D eigenvalue weighted by Gasteiger charge is -2.30. The highest BCUT2D eigenvalue weighted by atomic mass is 32.1. The lowest BCUT2D eigenvalue weighted by Crippen LogP contribution is -2.39. The first-order chi connectivity index (χ1) is 17.9. The molecule has 11 nitrogen and oxygen atoms in total. The van der Waals surface area contributed by atoms with E-state index in [0.29, 0.717) is 21.8 Å². The molecule has 0 aliphatic carbocycles. The molecule has 0 atom stereocenters. The highest BCUT2D eigenvalue weighted by Crippen LogP contribution is 2.17. The van der Waals surface area contributed by atoms with E-state index in [4.69, 9.17) is 5.26 Å². The van der Waals surface area contributed by atoms with Crippen molar-refractivity contribution in [1.82, 2.24) is 14.8 Å². The summed E-state index contributed by atoms with van der Waals surface area (Å²) in [6, 6.07) is 10.7. The standard InChI is InChI=1S/C25H29N7O4S/c1-2-32-24(36)21(37-25(32)20(13-27)23(35)28-9-8-26)14-29-18-4-3-5-19(12-18)30-22(34)15-31-10-6-17(16-33)7-11-31/h3-5,12,14,17,29,33H,2,6-7,9-11,15-16H2,1H3,(H,28,35)(H,30,34)/b21-14+,25-20-. The predicted octanol–water partition coefficient (Wildman–Crippen LogP) is -0.263. The largest absolute Gasteiger partial charge is 0.396 e. The summed E-state index contributed by atoms with van der Waals surface area (Å²) >= 11 is 0.999. The molecule has 2 aromatic rings. The van der Waals surface area contributed by atoms with Gasteiger partial charge < -0.3 is 21.1 Å². The topological polar surface area (TPSA) is 163 Å². The number of hydrogen-bond donors (Lipinski definition) is 4. The summed E-state index contributed by atoms with van der Waals surface area (Å²) in [6.45, 7) is 3.76. The van der Waals surface area contributed by atoms with Crippen LogP contribution >= 0.6 is 11.3 Å². The molecule has 0 spiro atoms. The Morgan fingerprint density at radius 1 is 1.24 bits per heavy atom. The molecule has 1 fully saturated rings. The Hall–Kier alpha value is -3.97. The van der Waals surface area contributed by atoms with Crippen molar-refractivity contribution in [3.63, 3.8) is 0 Å². The number of likely N-dealkylation sites (tertiary alicyclic amines) is 1. The minimum absolute atomic E-state index is 0.133. The van der Waals surface area contributed by atoms with E-state index in [-0.39, 0.29) is 47.9 Å².